The second-order valence-electron chi connectivity index (χ2n) is 4.39. The molecule has 2 rings (SSSR count). The Morgan fingerprint density at radius 3 is 2.26 bits per heavy atom. The predicted molar refractivity (Wildman–Crippen MR) is 87.0 cm³/mol. The largest absolute Gasteiger partial charge is 0.497 e. The summed E-state index contributed by atoms with van der Waals surface area (Å²) in [4.78, 5) is 34.4. The van der Waals surface area contributed by atoms with Crippen LogP contribution >= 0.6 is 11.3 Å². The van der Waals surface area contributed by atoms with Crippen molar-refractivity contribution in [1.29, 1.82) is 0 Å². The van der Waals surface area contributed by atoms with E-state index in [9.17, 15) is 14.4 Å². The lowest BCUT2D eigenvalue weighted by molar-refractivity contribution is 0.0997. The van der Waals surface area contributed by atoms with Gasteiger partial charge in [0, 0.05) is 5.56 Å². The molecule has 1 heterocycles. The van der Waals surface area contributed by atoms with Crippen molar-refractivity contribution in [2.24, 2.45) is 11.5 Å². The third-order valence-corrected chi connectivity index (χ3v) is 3.79. The summed E-state index contributed by atoms with van der Waals surface area (Å²) in [7, 11) is 1.53. The fourth-order valence-corrected chi connectivity index (χ4v) is 2.73. The Morgan fingerprint density at radius 1 is 1.09 bits per heavy atom. The lowest BCUT2D eigenvalue weighted by Crippen LogP contribution is -2.21. The smallest absolute Gasteiger partial charge is 0.317 e. The lowest BCUT2D eigenvalue weighted by Gasteiger charge is -2.04. The second kappa shape index (κ2) is 6.79. The average molecular weight is 334 g/mol. The molecule has 0 radical (unpaired) electrons. The first-order chi connectivity index (χ1) is 10.9. The van der Waals surface area contributed by atoms with E-state index in [4.69, 9.17) is 16.2 Å². The van der Waals surface area contributed by atoms with Crippen molar-refractivity contribution >= 4 is 39.2 Å². The van der Waals surface area contributed by atoms with E-state index >= 15 is 0 Å². The Labute approximate surface area is 135 Å². The standard InChI is InChI=1S/C14H14N4O4S/c1-22-8-4-2-7(3-5-8)12(20)17-10-6-9(11(15)19)13(23-10)18-14(16)21/h2-6H,1H3,(H2,15,19)(H,17,20)(H3,16,18,21). The Kier molecular flexibility index (Phi) is 4.82. The summed E-state index contributed by atoms with van der Waals surface area (Å²) in [5.41, 5.74) is 10.7. The molecule has 0 saturated heterocycles. The van der Waals surface area contributed by atoms with Crippen LogP contribution in [-0.2, 0) is 0 Å². The van der Waals surface area contributed by atoms with E-state index in [0.29, 0.717) is 16.3 Å². The van der Waals surface area contributed by atoms with Crippen molar-refractivity contribution in [2.45, 2.75) is 0 Å². The summed E-state index contributed by atoms with van der Waals surface area (Å²) in [6.45, 7) is 0. The fourth-order valence-electron chi connectivity index (χ4n) is 1.77. The fraction of sp³-hybridized carbons (Fsp3) is 0.0714. The molecule has 8 nitrogen and oxygen atoms in total. The summed E-state index contributed by atoms with van der Waals surface area (Å²) in [6, 6.07) is 7.04. The number of hydrogen-bond acceptors (Lipinski definition) is 5. The van der Waals surface area contributed by atoms with Gasteiger partial charge in [0.05, 0.1) is 17.7 Å². The number of methoxy groups -OCH3 is 1. The van der Waals surface area contributed by atoms with Crippen LogP contribution in [0.15, 0.2) is 30.3 Å². The normalized spacial score (nSPS) is 9.96. The van der Waals surface area contributed by atoms with Gasteiger partial charge >= 0.3 is 6.03 Å². The molecule has 0 bridgehead atoms. The number of nitrogens with one attached hydrogen (secondary N) is 2. The van der Waals surface area contributed by atoms with E-state index < -0.39 is 11.9 Å². The monoisotopic (exact) mass is 334 g/mol. The summed E-state index contributed by atoms with van der Waals surface area (Å²) < 4.78 is 5.02. The van der Waals surface area contributed by atoms with Gasteiger partial charge < -0.3 is 21.5 Å². The summed E-state index contributed by atoms with van der Waals surface area (Å²) in [6.07, 6.45) is 0. The van der Waals surface area contributed by atoms with Crippen molar-refractivity contribution in [3.8, 4) is 5.75 Å². The first-order valence-electron chi connectivity index (χ1n) is 6.36. The molecule has 4 amide bonds. The molecular formula is C14H14N4O4S. The molecule has 0 aliphatic rings. The highest BCUT2D eigenvalue weighted by Crippen LogP contribution is 2.32. The second-order valence-corrected chi connectivity index (χ2v) is 5.44. The van der Waals surface area contributed by atoms with Crippen LogP contribution in [0.2, 0.25) is 0 Å². The molecular weight excluding hydrogens is 320 g/mol. The molecule has 0 atom stereocenters. The Hall–Kier alpha value is -3.07. The van der Waals surface area contributed by atoms with Gasteiger partial charge in [0.15, 0.2) is 0 Å². The molecule has 120 valence electrons. The quantitative estimate of drug-likeness (QED) is 0.660. The van der Waals surface area contributed by atoms with Gasteiger partial charge in [-0.2, -0.15) is 0 Å². The van der Waals surface area contributed by atoms with E-state index in [1.54, 1.807) is 24.3 Å². The molecule has 0 aliphatic heterocycles. The third kappa shape index (κ3) is 3.98. The van der Waals surface area contributed by atoms with Crippen LogP contribution in [0.4, 0.5) is 14.8 Å². The Balaban J connectivity index is 2.19. The number of ether oxygens (including phenoxy) is 1. The molecule has 0 aliphatic carbocycles. The van der Waals surface area contributed by atoms with Gasteiger partial charge in [0.1, 0.15) is 10.8 Å². The molecule has 23 heavy (non-hydrogen) atoms. The number of benzene rings is 1. The van der Waals surface area contributed by atoms with Gasteiger partial charge in [-0.3, -0.25) is 14.9 Å². The third-order valence-electron chi connectivity index (χ3n) is 2.82. The highest BCUT2D eigenvalue weighted by Gasteiger charge is 2.17. The van der Waals surface area contributed by atoms with Gasteiger partial charge in [-0.25, -0.2) is 4.79 Å². The zero-order valence-electron chi connectivity index (χ0n) is 12.1. The Morgan fingerprint density at radius 2 is 1.74 bits per heavy atom. The van der Waals surface area contributed by atoms with Crippen LogP contribution in [-0.4, -0.2) is 25.0 Å². The topological polar surface area (TPSA) is 137 Å². The molecule has 0 saturated carbocycles. The molecule has 6 N–H and O–H groups in total. The summed E-state index contributed by atoms with van der Waals surface area (Å²) >= 11 is 0.977. The van der Waals surface area contributed by atoms with E-state index in [-0.39, 0.29) is 16.5 Å². The van der Waals surface area contributed by atoms with Crippen LogP contribution in [0.25, 0.3) is 0 Å². The van der Waals surface area contributed by atoms with Crippen LogP contribution in [0.3, 0.4) is 0 Å². The van der Waals surface area contributed by atoms with Gasteiger partial charge in [-0.1, -0.05) is 11.3 Å². The minimum Gasteiger partial charge on any atom is -0.497 e. The van der Waals surface area contributed by atoms with Crippen molar-refractivity contribution in [1.82, 2.24) is 0 Å². The molecule has 2 aromatic rings. The van der Waals surface area contributed by atoms with Crippen LogP contribution < -0.4 is 26.8 Å². The van der Waals surface area contributed by atoms with Crippen molar-refractivity contribution in [3.05, 3.63) is 41.5 Å². The zero-order valence-corrected chi connectivity index (χ0v) is 12.9. The molecule has 0 spiro atoms. The first-order valence-corrected chi connectivity index (χ1v) is 7.18. The highest BCUT2D eigenvalue weighted by atomic mass is 32.1. The van der Waals surface area contributed by atoms with Gasteiger partial charge in [-0.05, 0) is 30.3 Å². The maximum atomic E-state index is 12.2. The first kappa shape index (κ1) is 16.3. The van der Waals surface area contributed by atoms with Crippen molar-refractivity contribution < 1.29 is 19.1 Å². The molecule has 1 aromatic heterocycles. The number of anilines is 2. The molecule has 0 unspecified atom stereocenters. The summed E-state index contributed by atoms with van der Waals surface area (Å²) in [5, 5.41) is 5.44. The molecule has 9 heteroatoms. The maximum Gasteiger partial charge on any atom is 0.317 e. The van der Waals surface area contributed by atoms with Gasteiger partial charge in [0.25, 0.3) is 11.8 Å². The number of nitrogens with two attached hydrogens (primary N) is 2. The van der Waals surface area contributed by atoms with Crippen LogP contribution in [0.5, 0.6) is 5.75 Å². The van der Waals surface area contributed by atoms with E-state index in [1.807, 2.05) is 0 Å². The summed E-state index contributed by atoms with van der Waals surface area (Å²) in [5.74, 6) is -0.493. The van der Waals surface area contributed by atoms with Crippen LogP contribution in [0, 0.1) is 0 Å². The van der Waals surface area contributed by atoms with E-state index in [1.165, 1.54) is 13.2 Å². The number of primary amides is 2. The minimum atomic E-state index is -0.831. The van der Waals surface area contributed by atoms with Gasteiger partial charge in [-0.15, -0.1) is 0 Å². The Bertz CT molecular complexity index is 755. The number of urea groups is 1. The number of carbonyl (C=O) groups is 3. The SMILES string of the molecule is COc1ccc(C(=O)Nc2cc(C(N)=O)c(NC(N)=O)s2)cc1. The molecule has 1 aromatic carbocycles. The van der Waals surface area contributed by atoms with Gasteiger partial charge in [0.2, 0.25) is 0 Å². The van der Waals surface area contributed by atoms with Crippen LogP contribution in [0.1, 0.15) is 20.7 Å². The van der Waals surface area contributed by atoms with E-state index in [0.717, 1.165) is 11.3 Å². The number of amides is 4. The number of thiophene rings is 1. The lowest BCUT2D eigenvalue weighted by atomic mass is 10.2. The van der Waals surface area contributed by atoms with Crippen molar-refractivity contribution in [3.63, 3.8) is 0 Å². The highest BCUT2D eigenvalue weighted by molar-refractivity contribution is 7.20. The van der Waals surface area contributed by atoms with Crippen molar-refractivity contribution in [2.75, 3.05) is 17.7 Å². The number of hydrogen-bond donors (Lipinski definition) is 4. The molecule has 0 fully saturated rings. The minimum absolute atomic E-state index is 0.0684. The number of rotatable bonds is 5. The average Bonchev–Trinajstić information content (AvgIpc) is 2.89. The zero-order chi connectivity index (χ0) is 17.0. The van der Waals surface area contributed by atoms with E-state index in [2.05, 4.69) is 10.6 Å². The predicted octanol–water partition coefficient (Wildman–Crippen LogP) is 1.60. The maximum absolute atomic E-state index is 12.2. The number of carbonyl (C=O) groups excluding carboxylic acids is 3.